The maximum absolute atomic E-state index is 12.0. The molecular formula is C13H15NO4S. The zero-order valence-electron chi connectivity index (χ0n) is 10.7. The molecule has 0 saturated heterocycles. The van der Waals surface area contributed by atoms with Crippen LogP contribution in [0, 0.1) is 12.3 Å². The number of terminal acetylenes is 1. The van der Waals surface area contributed by atoms with Crippen LogP contribution >= 0.6 is 0 Å². The maximum atomic E-state index is 12.0. The molecule has 6 heteroatoms. The Balaban J connectivity index is 3.26. The van der Waals surface area contributed by atoms with Crippen LogP contribution in [0.4, 0.5) is 0 Å². The molecule has 19 heavy (non-hydrogen) atoms. The van der Waals surface area contributed by atoms with Crippen molar-refractivity contribution >= 4 is 16.0 Å². The van der Waals surface area contributed by atoms with Gasteiger partial charge in [0.2, 0.25) is 10.0 Å². The first kappa shape index (κ1) is 15.2. The lowest BCUT2D eigenvalue weighted by atomic mass is 10.1. The average Bonchev–Trinajstić information content (AvgIpc) is 2.37. The van der Waals surface area contributed by atoms with Crippen molar-refractivity contribution in [3.05, 3.63) is 29.3 Å². The van der Waals surface area contributed by atoms with Gasteiger partial charge in [-0.25, -0.2) is 13.2 Å². The fraction of sp³-hybridized carbons (Fsp3) is 0.308. The summed E-state index contributed by atoms with van der Waals surface area (Å²) < 4.78 is 26.2. The molecule has 0 aliphatic carbocycles. The Hall–Kier alpha value is -1.84. The lowest BCUT2D eigenvalue weighted by Gasteiger charge is -2.11. The molecule has 0 aliphatic heterocycles. The molecule has 0 heterocycles. The lowest BCUT2D eigenvalue weighted by molar-refractivity contribution is 0.0695. The minimum absolute atomic E-state index is 0.0151. The minimum atomic E-state index is -3.81. The smallest absolute Gasteiger partial charge is 0.336 e. The summed E-state index contributed by atoms with van der Waals surface area (Å²) in [7, 11) is -3.81. The second kappa shape index (κ2) is 5.87. The summed E-state index contributed by atoms with van der Waals surface area (Å²) in [4.78, 5) is 11.0. The summed E-state index contributed by atoms with van der Waals surface area (Å²) in [6, 6.07) is 3.35. The van der Waals surface area contributed by atoms with E-state index in [1.807, 2.05) is 0 Å². The van der Waals surface area contributed by atoms with Gasteiger partial charge < -0.3 is 5.11 Å². The summed E-state index contributed by atoms with van der Waals surface area (Å²) >= 11 is 0. The van der Waals surface area contributed by atoms with Gasteiger partial charge in [-0.3, -0.25) is 0 Å². The first-order valence-corrected chi connectivity index (χ1v) is 7.14. The van der Waals surface area contributed by atoms with Gasteiger partial charge in [-0.15, -0.1) is 6.42 Å². The molecule has 1 aromatic rings. The molecule has 1 unspecified atom stereocenters. The molecule has 0 bridgehead atoms. The predicted octanol–water partition coefficient (Wildman–Crippen LogP) is 1.25. The third-order valence-electron chi connectivity index (χ3n) is 2.58. The molecule has 1 aromatic carbocycles. The highest BCUT2D eigenvalue weighted by molar-refractivity contribution is 7.89. The third kappa shape index (κ3) is 3.56. The van der Waals surface area contributed by atoms with Gasteiger partial charge in [0.1, 0.15) is 0 Å². The Kier molecular flexibility index (Phi) is 4.70. The highest BCUT2D eigenvalue weighted by Crippen LogP contribution is 2.17. The monoisotopic (exact) mass is 281 g/mol. The van der Waals surface area contributed by atoms with Crippen LogP contribution in [0.2, 0.25) is 0 Å². The van der Waals surface area contributed by atoms with Gasteiger partial charge in [-0.2, -0.15) is 4.72 Å². The van der Waals surface area contributed by atoms with Gasteiger partial charge in [-0.1, -0.05) is 18.9 Å². The number of hydrogen-bond acceptors (Lipinski definition) is 3. The topological polar surface area (TPSA) is 83.5 Å². The highest BCUT2D eigenvalue weighted by Gasteiger charge is 2.19. The molecule has 5 nitrogen and oxygen atoms in total. The number of benzene rings is 1. The molecule has 0 fully saturated rings. The average molecular weight is 281 g/mol. The van der Waals surface area contributed by atoms with Crippen molar-refractivity contribution in [2.75, 3.05) is 0 Å². The summed E-state index contributed by atoms with van der Waals surface area (Å²) in [6.07, 6.45) is 5.62. The predicted molar refractivity (Wildman–Crippen MR) is 71.4 cm³/mol. The van der Waals surface area contributed by atoms with Crippen molar-refractivity contribution in [1.82, 2.24) is 4.72 Å². The Bertz CT molecular complexity index is 629. The number of aryl methyl sites for hydroxylation is 1. The number of carboxylic acids is 1. The SMILES string of the molecule is C#CC(C)NS(=O)(=O)c1ccc(CC)c(C(=O)O)c1. The molecule has 0 amide bonds. The van der Waals surface area contributed by atoms with Crippen LogP contribution in [0.1, 0.15) is 29.8 Å². The second-order valence-corrected chi connectivity index (χ2v) is 5.70. The quantitative estimate of drug-likeness (QED) is 0.796. The van der Waals surface area contributed by atoms with E-state index < -0.39 is 22.0 Å². The zero-order valence-corrected chi connectivity index (χ0v) is 11.5. The van der Waals surface area contributed by atoms with E-state index >= 15 is 0 Å². The van der Waals surface area contributed by atoms with Crippen molar-refractivity contribution in [3.8, 4) is 12.3 Å². The number of hydrogen-bond donors (Lipinski definition) is 2. The lowest BCUT2D eigenvalue weighted by Crippen LogP contribution is -2.31. The van der Waals surface area contributed by atoms with Crippen molar-refractivity contribution < 1.29 is 18.3 Å². The molecule has 0 aromatic heterocycles. The summed E-state index contributed by atoms with van der Waals surface area (Å²) in [6.45, 7) is 3.32. The second-order valence-electron chi connectivity index (χ2n) is 3.99. The number of aromatic carboxylic acids is 1. The third-order valence-corrected chi connectivity index (χ3v) is 4.12. The van der Waals surface area contributed by atoms with E-state index in [4.69, 9.17) is 11.5 Å². The van der Waals surface area contributed by atoms with Gasteiger partial charge in [0.05, 0.1) is 16.5 Å². The Morgan fingerprint density at radius 2 is 2.16 bits per heavy atom. The summed E-state index contributed by atoms with van der Waals surface area (Å²) in [5.41, 5.74) is 0.565. The maximum Gasteiger partial charge on any atom is 0.336 e. The van der Waals surface area contributed by atoms with Crippen LogP contribution in [0.15, 0.2) is 23.1 Å². The number of rotatable bonds is 5. The Morgan fingerprint density at radius 3 is 2.63 bits per heavy atom. The normalized spacial score (nSPS) is 12.7. The molecule has 102 valence electrons. The number of nitrogens with one attached hydrogen (secondary N) is 1. The fourth-order valence-corrected chi connectivity index (χ4v) is 2.75. The van der Waals surface area contributed by atoms with E-state index in [0.717, 1.165) is 6.07 Å². The molecule has 0 radical (unpaired) electrons. The van der Waals surface area contributed by atoms with Crippen LogP contribution in [0.25, 0.3) is 0 Å². The van der Waals surface area contributed by atoms with Gasteiger partial charge >= 0.3 is 5.97 Å². The van der Waals surface area contributed by atoms with Gasteiger partial charge in [0.25, 0.3) is 0 Å². The van der Waals surface area contributed by atoms with Crippen molar-refractivity contribution in [3.63, 3.8) is 0 Å². The molecule has 0 spiro atoms. The van der Waals surface area contributed by atoms with Crippen LogP contribution in [-0.2, 0) is 16.4 Å². The van der Waals surface area contributed by atoms with E-state index in [1.165, 1.54) is 19.1 Å². The zero-order chi connectivity index (χ0) is 14.6. The number of sulfonamides is 1. The van der Waals surface area contributed by atoms with Crippen molar-refractivity contribution in [1.29, 1.82) is 0 Å². The highest BCUT2D eigenvalue weighted by atomic mass is 32.2. The summed E-state index contributed by atoms with van der Waals surface area (Å²) in [5, 5.41) is 9.07. The van der Waals surface area contributed by atoms with Crippen LogP contribution in [-0.4, -0.2) is 25.5 Å². The van der Waals surface area contributed by atoms with Crippen LogP contribution < -0.4 is 4.72 Å². The number of carbonyl (C=O) groups is 1. The van der Waals surface area contributed by atoms with Gasteiger partial charge in [-0.05, 0) is 31.0 Å². The van der Waals surface area contributed by atoms with E-state index in [9.17, 15) is 13.2 Å². The molecule has 2 N–H and O–H groups in total. The molecule has 1 atom stereocenters. The van der Waals surface area contributed by atoms with Crippen LogP contribution in [0.5, 0.6) is 0 Å². The molecule has 1 rings (SSSR count). The summed E-state index contributed by atoms with van der Waals surface area (Å²) in [5.74, 6) is 1.09. The Labute approximate surface area is 112 Å². The van der Waals surface area contributed by atoms with Crippen molar-refractivity contribution in [2.24, 2.45) is 0 Å². The Morgan fingerprint density at radius 1 is 1.53 bits per heavy atom. The molecular weight excluding hydrogens is 266 g/mol. The van der Waals surface area contributed by atoms with E-state index in [2.05, 4.69) is 10.6 Å². The minimum Gasteiger partial charge on any atom is -0.478 e. The van der Waals surface area contributed by atoms with Crippen LogP contribution in [0.3, 0.4) is 0 Å². The largest absolute Gasteiger partial charge is 0.478 e. The first-order valence-electron chi connectivity index (χ1n) is 5.66. The first-order chi connectivity index (χ1) is 8.81. The van der Waals surface area contributed by atoms with E-state index in [0.29, 0.717) is 12.0 Å². The van der Waals surface area contributed by atoms with Gasteiger partial charge in [0.15, 0.2) is 0 Å². The van der Waals surface area contributed by atoms with E-state index in [1.54, 1.807) is 6.92 Å². The number of carboxylic acid groups (broad SMARTS) is 1. The van der Waals surface area contributed by atoms with Crippen molar-refractivity contribution in [2.45, 2.75) is 31.2 Å². The fourth-order valence-electron chi connectivity index (χ4n) is 1.56. The van der Waals surface area contributed by atoms with Gasteiger partial charge in [0, 0.05) is 0 Å². The molecule has 0 aliphatic rings. The standard InChI is InChI=1S/C13H15NO4S/c1-4-9(3)14-19(17,18)11-7-6-10(5-2)12(8-11)13(15)16/h1,6-9,14H,5H2,2-3H3,(H,15,16). The van der Waals surface area contributed by atoms with E-state index in [-0.39, 0.29) is 10.5 Å². The molecule has 0 saturated carbocycles.